The minimum Gasteiger partial charge on any atom is -0.458 e. The van der Waals surface area contributed by atoms with Crippen LogP contribution in [0.25, 0.3) is 9.69 Å². The van der Waals surface area contributed by atoms with Gasteiger partial charge in [-0.15, -0.1) is 0 Å². The summed E-state index contributed by atoms with van der Waals surface area (Å²) in [5, 5.41) is 19.2. The molecule has 0 N–H and O–H groups in total. The van der Waals surface area contributed by atoms with E-state index in [0.717, 1.165) is 22.5 Å². The van der Waals surface area contributed by atoms with Gasteiger partial charge in [0.1, 0.15) is 17.2 Å². The molecule has 5 aromatic rings. The van der Waals surface area contributed by atoms with Crippen LogP contribution in [0.15, 0.2) is 103 Å². The normalized spacial score (nSPS) is 12.4. The summed E-state index contributed by atoms with van der Waals surface area (Å²) in [4.78, 5) is 9.12. The van der Waals surface area contributed by atoms with Crippen molar-refractivity contribution in [3.8, 4) is 35.1 Å². The second-order valence-corrected chi connectivity index (χ2v) is 10.7. The Bertz CT molecular complexity index is 1910. The summed E-state index contributed by atoms with van der Waals surface area (Å²) in [7, 11) is 0. The Labute approximate surface area is 255 Å². The van der Waals surface area contributed by atoms with Gasteiger partial charge < -0.3 is 14.4 Å². The molecule has 0 saturated heterocycles. The van der Waals surface area contributed by atoms with E-state index in [-0.39, 0.29) is 16.8 Å². The molecule has 208 valence electrons. The number of benzene rings is 5. The quantitative estimate of drug-likeness (QED) is 0.197. The summed E-state index contributed by atoms with van der Waals surface area (Å²) in [6.45, 7) is 19.4. The highest BCUT2D eigenvalue weighted by Gasteiger charge is 2.38. The Morgan fingerprint density at radius 3 is 1.59 bits per heavy atom. The summed E-state index contributed by atoms with van der Waals surface area (Å²) in [5.41, 5.74) is 5.49. The molecule has 7 nitrogen and oxygen atoms in total. The number of ether oxygens (including phenoxy) is 2. The molecule has 0 fully saturated rings. The van der Waals surface area contributed by atoms with Gasteiger partial charge >= 0.3 is 0 Å². The van der Waals surface area contributed by atoms with Crippen LogP contribution < -0.4 is 14.4 Å². The van der Waals surface area contributed by atoms with Crippen molar-refractivity contribution in [1.29, 1.82) is 10.5 Å². The molecule has 0 spiro atoms. The van der Waals surface area contributed by atoms with E-state index in [9.17, 15) is 10.5 Å². The summed E-state index contributed by atoms with van der Waals surface area (Å²) in [5.74, 6) is 1.49. The van der Waals surface area contributed by atoms with Gasteiger partial charge in [-0.2, -0.15) is 10.5 Å². The Morgan fingerprint density at radius 1 is 0.636 bits per heavy atom. The molecule has 1 heterocycles. The van der Waals surface area contributed by atoms with Gasteiger partial charge in [0, 0.05) is 5.41 Å². The van der Waals surface area contributed by atoms with Gasteiger partial charge in [-0.05, 0) is 65.7 Å². The second kappa shape index (κ2) is 11.0. The minimum atomic E-state index is -0.308. The van der Waals surface area contributed by atoms with Crippen LogP contribution >= 0.6 is 0 Å². The highest BCUT2D eigenvalue weighted by atomic mass is 16.5. The second-order valence-electron chi connectivity index (χ2n) is 10.7. The molecule has 0 atom stereocenters. The molecule has 0 amide bonds. The lowest BCUT2D eigenvalue weighted by Crippen LogP contribution is -2.30. The van der Waals surface area contributed by atoms with Gasteiger partial charge in [-0.1, -0.05) is 62.4 Å². The molecule has 6 rings (SSSR count). The topological polar surface area (TPSA) is 78.0 Å². The molecule has 5 aromatic carbocycles. The zero-order chi connectivity index (χ0) is 30.8. The number of rotatable bonds is 5. The van der Waals surface area contributed by atoms with Gasteiger partial charge in [0.15, 0.2) is 22.9 Å². The number of nitriles is 2. The minimum absolute atomic E-state index is 0.287. The first-order valence-corrected chi connectivity index (χ1v) is 13.7. The van der Waals surface area contributed by atoms with Gasteiger partial charge in [0.25, 0.3) is 0 Å². The lowest BCUT2D eigenvalue weighted by atomic mass is 9.73. The third-order valence-electron chi connectivity index (χ3n) is 7.58. The van der Waals surface area contributed by atoms with Gasteiger partial charge in [-0.3, -0.25) is 0 Å². The molecule has 0 aromatic heterocycles. The summed E-state index contributed by atoms with van der Waals surface area (Å²) < 4.78 is 13.0. The average Bonchev–Trinajstić information content (AvgIpc) is 3.05. The van der Waals surface area contributed by atoms with Crippen LogP contribution in [0, 0.1) is 35.8 Å². The molecule has 0 radical (unpaired) electrons. The van der Waals surface area contributed by atoms with E-state index in [1.54, 1.807) is 36.4 Å². The zero-order valence-electron chi connectivity index (χ0n) is 23.9. The number of para-hydroxylation sites is 3. The number of nitrogens with zero attached hydrogens (tertiary/aromatic N) is 5. The molecular formula is C37H23N5O2. The Hall–Kier alpha value is -6.54. The van der Waals surface area contributed by atoms with Crippen molar-refractivity contribution in [3.63, 3.8) is 0 Å². The third kappa shape index (κ3) is 4.82. The monoisotopic (exact) mass is 569 g/mol. The van der Waals surface area contributed by atoms with Gasteiger partial charge in [0.05, 0.1) is 47.8 Å². The summed E-state index contributed by atoms with van der Waals surface area (Å²) >= 11 is 0. The predicted molar refractivity (Wildman–Crippen MR) is 168 cm³/mol. The van der Waals surface area contributed by atoms with E-state index in [1.807, 2.05) is 42.5 Å². The molecule has 1 aliphatic heterocycles. The van der Waals surface area contributed by atoms with Crippen molar-refractivity contribution in [3.05, 3.63) is 148 Å². The van der Waals surface area contributed by atoms with Crippen LogP contribution in [-0.2, 0) is 5.41 Å². The highest BCUT2D eigenvalue weighted by Crippen LogP contribution is 2.56. The Balaban J connectivity index is 1.62. The molecule has 0 bridgehead atoms. The first kappa shape index (κ1) is 27.6. The van der Waals surface area contributed by atoms with Gasteiger partial charge in [0.2, 0.25) is 0 Å². The van der Waals surface area contributed by atoms with E-state index in [2.05, 4.69) is 52.7 Å². The van der Waals surface area contributed by atoms with Crippen molar-refractivity contribution in [1.82, 2.24) is 0 Å². The largest absolute Gasteiger partial charge is 0.458 e. The molecule has 1 aliphatic rings. The van der Waals surface area contributed by atoms with Crippen molar-refractivity contribution in [2.24, 2.45) is 0 Å². The number of anilines is 3. The maximum absolute atomic E-state index is 9.58. The number of fused-ring (bicyclic) bond motifs is 2. The van der Waals surface area contributed by atoms with Crippen LogP contribution in [0.5, 0.6) is 23.0 Å². The van der Waals surface area contributed by atoms with E-state index in [4.69, 9.17) is 22.6 Å². The first-order chi connectivity index (χ1) is 21.4. The molecule has 0 unspecified atom stereocenters. The van der Waals surface area contributed by atoms with Crippen LogP contribution in [0.1, 0.15) is 36.1 Å². The van der Waals surface area contributed by atoms with E-state index in [1.165, 1.54) is 12.1 Å². The Morgan fingerprint density at radius 2 is 1.11 bits per heavy atom. The Kier molecular flexibility index (Phi) is 6.93. The highest BCUT2D eigenvalue weighted by molar-refractivity contribution is 5.90. The fraction of sp³-hybridized carbons (Fsp3) is 0.0811. The van der Waals surface area contributed by atoms with E-state index >= 15 is 0 Å². The summed E-state index contributed by atoms with van der Waals surface area (Å²) in [6.07, 6.45) is 0. The van der Waals surface area contributed by atoms with Crippen molar-refractivity contribution < 1.29 is 9.47 Å². The molecule has 0 saturated carbocycles. The summed E-state index contributed by atoms with van der Waals surface area (Å²) in [6, 6.07) is 35.3. The standard InChI is InChI=1S/C37H23N5O2/c1-37(2)30-10-5-7-12-32(30)42(33-13-8-6-11-31(33)37)36-34(43-28-17-24(22-38)16-25(18-28)23-39)14-9-15-35(36)44-29-20-26(40-3)19-27(21-29)41-4/h5-21H,1-2H3. The van der Waals surface area contributed by atoms with Crippen LogP contribution in [0.3, 0.4) is 0 Å². The first-order valence-electron chi connectivity index (χ1n) is 13.7. The molecular weight excluding hydrogens is 546 g/mol. The number of hydrogen-bond acceptors (Lipinski definition) is 5. The van der Waals surface area contributed by atoms with Crippen molar-refractivity contribution >= 4 is 28.4 Å². The van der Waals surface area contributed by atoms with Crippen molar-refractivity contribution in [2.45, 2.75) is 19.3 Å². The predicted octanol–water partition coefficient (Wildman–Crippen LogP) is 10.2. The molecule has 0 aliphatic carbocycles. The van der Waals surface area contributed by atoms with Crippen LogP contribution in [-0.4, -0.2) is 0 Å². The lowest BCUT2D eigenvalue weighted by molar-refractivity contribution is 0.462. The maximum atomic E-state index is 9.58. The zero-order valence-corrected chi connectivity index (χ0v) is 23.9. The SMILES string of the molecule is [C-]#[N+]c1cc([N+]#[C-])cc(Oc2cccc(Oc3cc(C#N)cc(C#N)c3)c2N2c3ccccc3C(C)(C)c3ccccc32)c1. The fourth-order valence-electron chi connectivity index (χ4n) is 5.59. The third-order valence-corrected chi connectivity index (χ3v) is 7.58. The lowest BCUT2D eigenvalue weighted by Gasteiger charge is -2.42. The molecule has 7 heteroatoms. The van der Waals surface area contributed by atoms with Crippen LogP contribution in [0.2, 0.25) is 0 Å². The number of hydrogen-bond donors (Lipinski definition) is 0. The van der Waals surface area contributed by atoms with E-state index < -0.39 is 0 Å². The van der Waals surface area contributed by atoms with Gasteiger partial charge in [-0.25, -0.2) is 9.69 Å². The van der Waals surface area contributed by atoms with Crippen LogP contribution in [0.4, 0.5) is 28.4 Å². The maximum Gasteiger partial charge on any atom is 0.180 e. The van der Waals surface area contributed by atoms with Crippen molar-refractivity contribution in [2.75, 3.05) is 4.90 Å². The fourth-order valence-corrected chi connectivity index (χ4v) is 5.59. The smallest absolute Gasteiger partial charge is 0.180 e. The molecule has 44 heavy (non-hydrogen) atoms. The van der Waals surface area contributed by atoms with E-state index in [0.29, 0.717) is 39.8 Å². The average molecular weight is 570 g/mol.